The summed E-state index contributed by atoms with van der Waals surface area (Å²) in [4.78, 5) is 17.6. The van der Waals surface area contributed by atoms with E-state index in [1.54, 1.807) is 12.1 Å². The second-order valence-corrected chi connectivity index (χ2v) is 9.96. The number of pyridine rings is 1. The van der Waals surface area contributed by atoms with Crippen molar-refractivity contribution < 1.29 is 19.4 Å². The van der Waals surface area contributed by atoms with Crippen molar-refractivity contribution >= 4 is 22.5 Å². The van der Waals surface area contributed by atoms with Gasteiger partial charge in [-0.25, -0.2) is 0 Å². The van der Waals surface area contributed by atoms with Crippen LogP contribution in [0.25, 0.3) is 10.9 Å². The first-order valence-corrected chi connectivity index (χ1v) is 13.0. The van der Waals surface area contributed by atoms with Crippen LogP contribution in [0, 0.1) is 6.92 Å². The number of fused-ring (bicyclic) bond motifs is 1. The number of aliphatic hydroxyl groups is 1. The normalized spacial score (nSPS) is 22.0. The van der Waals surface area contributed by atoms with Crippen molar-refractivity contribution in [2.45, 2.75) is 70.2 Å². The molecular weight excluding hydrogens is 454 g/mol. The van der Waals surface area contributed by atoms with Crippen molar-refractivity contribution in [3.8, 4) is 5.75 Å². The van der Waals surface area contributed by atoms with Gasteiger partial charge in [-0.3, -0.25) is 9.78 Å². The minimum absolute atomic E-state index is 0.141. The molecule has 2 aliphatic rings. The minimum atomic E-state index is -0.165. The number of nitrogens with zero attached hydrogens (tertiary/aromatic N) is 1. The number of rotatable bonds is 8. The molecule has 2 heterocycles. The van der Waals surface area contributed by atoms with Crippen LogP contribution in [0.5, 0.6) is 5.75 Å². The van der Waals surface area contributed by atoms with Crippen LogP contribution in [0.15, 0.2) is 48.7 Å². The van der Waals surface area contributed by atoms with Gasteiger partial charge in [0, 0.05) is 42.0 Å². The molecule has 1 atom stereocenters. The molecule has 1 aliphatic carbocycles. The summed E-state index contributed by atoms with van der Waals surface area (Å²) in [6.45, 7) is 4.09. The summed E-state index contributed by atoms with van der Waals surface area (Å²) in [5.74, 6) is 0.570. The zero-order chi connectivity index (χ0) is 24.9. The summed E-state index contributed by atoms with van der Waals surface area (Å²) in [7, 11) is 0. The Bertz CT molecular complexity index is 1180. The van der Waals surface area contributed by atoms with Crippen molar-refractivity contribution in [1.82, 2.24) is 10.3 Å². The molecule has 5 rings (SSSR count). The average Bonchev–Trinajstić information content (AvgIpc) is 3.43. The highest BCUT2D eigenvalue weighted by Crippen LogP contribution is 2.26. The van der Waals surface area contributed by atoms with Crippen LogP contribution in [0.4, 0.5) is 5.69 Å². The zero-order valence-electron chi connectivity index (χ0n) is 20.8. The lowest BCUT2D eigenvalue weighted by molar-refractivity contribution is 0.0679. The first-order chi connectivity index (χ1) is 17.5. The third kappa shape index (κ3) is 6.03. The van der Waals surface area contributed by atoms with E-state index in [-0.39, 0.29) is 18.1 Å². The molecule has 1 amide bonds. The molecule has 0 bridgehead atoms. The second-order valence-electron chi connectivity index (χ2n) is 9.96. The smallest absolute Gasteiger partial charge is 0.255 e. The van der Waals surface area contributed by atoms with Crippen molar-refractivity contribution in [2.24, 2.45) is 0 Å². The van der Waals surface area contributed by atoms with E-state index in [0.717, 1.165) is 85.1 Å². The SMILES string of the molecule is Cc1c(NC(=O)c2ccc(OCC3CCCO3)cc2)ccc2cc(CN[C@H]3CC[C@H](O)CC3)cnc12. The molecular formula is C29H35N3O4. The zero-order valence-corrected chi connectivity index (χ0v) is 20.8. The first kappa shape index (κ1) is 24.7. The fourth-order valence-corrected chi connectivity index (χ4v) is 5.03. The quantitative estimate of drug-likeness (QED) is 0.423. The van der Waals surface area contributed by atoms with E-state index < -0.39 is 0 Å². The molecule has 1 aliphatic heterocycles. The summed E-state index contributed by atoms with van der Waals surface area (Å²) in [5.41, 5.74) is 4.29. The van der Waals surface area contributed by atoms with E-state index in [1.807, 2.05) is 37.4 Å². The van der Waals surface area contributed by atoms with Crippen molar-refractivity contribution in [3.05, 3.63) is 65.4 Å². The van der Waals surface area contributed by atoms with Crippen molar-refractivity contribution in [2.75, 3.05) is 18.5 Å². The lowest BCUT2D eigenvalue weighted by Crippen LogP contribution is -2.34. The summed E-state index contributed by atoms with van der Waals surface area (Å²) in [6.07, 6.45) is 7.80. The van der Waals surface area contributed by atoms with E-state index >= 15 is 0 Å². The number of aliphatic hydroxyl groups excluding tert-OH is 1. The van der Waals surface area contributed by atoms with Gasteiger partial charge in [-0.15, -0.1) is 0 Å². The number of ether oxygens (including phenoxy) is 2. The molecule has 3 aromatic rings. The Kier molecular flexibility index (Phi) is 7.80. The van der Waals surface area contributed by atoms with Crippen LogP contribution in [0.1, 0.15) is 60.0 Å². The van der Waals surface area contributed by atoms with Gasteiger partial charge in [-0.05, 0) is 93.0 Å². The Morgan fingerprint density at radius 2 is 1.92 bits per heavy atom. The number of carbonyl (C=O) groups is 1. The predicted octanol–water partition coefficient (Wildman–Crippen LogP) is 4.75. The molecule has 2 fully saturated rings. The molecule has 3 N–H and O–H groups in total. The van der Waals surface area contributed by atoms with Gasteiger partial charge < -0.3 is 25.2 Å². The maximum Gasteiger partial charge on any atom is 0.255 e. The summed E-state index contributed by atoms with van der Waals surface area (Å²) in [5, 5.41) is 17.4. The molecule has 36 heavy (non-hydrogen) atoms. The van der Waals surface area contributed by atoms with Gasteiger partial charge in [0.05, 0.1) is 17.7 Å². The molecule has 1 unspecified atom stereocenters. The van der Waals surface area contributed by atoms with Gasteiger partial charge in [0.15, 0.2) is 0 Å². The van der Waals surface area contributed by atoms with E-state index in [1.165, 1.54) is 0 Å². The second kappa shape index (κ2) is 11.4. The molecule has 1 saturated heterocycles. The highest BCUT2D eigenvalue weighted by Gasteiger charge is 2.19. The van der Waals surface area contributed by atoms with Gasteiger partial charge in [0.25, 0.3) is 5.91 Å². The molecule has 2 aromatic carbocycles. The molecule has 0 radical (unpaired) electrons. The monoisotopic (exact) mass is 489 g/mol. The van der Waals surface area contributed by atoms with Crippen LogP contribution in [0.3, 0.4) is 0 Å². The number of carbonyl (C=O) groups excluding carboxylic acids is 1. The van der Waals surface area contributed by atoms with Gasteiger partial charge in [0.1, 0.15) is 12.4 Å². The largest absolute Gasteiger partial charge is 0.491 e. The fraction of sp³-hybridized carbons (Fsp3) is 0.448. The number of hydrogen-bond donors (Lipinski definition) is 3. The van der Waals surface area contributed by atoms with Crippen LogP contribution in [-0.2, 0) is 11.3 Å². The molecule has 1 aromatic heterocycles. The highest BCUT2D eigenvalue weighted by molar-refractivity contribution is 6.06. The Morgan fingerprint density at radius 1 is 1.11 bits per heavy atom. The van der Waals surface area contributed by atoms with Crippen LogP contribution >= 0.6 is 0 Å². The number of nitrogens with one attached hydrogen (secondary N) is 2. The topological polar surface area (TPSA) is 92.7 Å². The Hall–Kier alpha value is -3.00. The summed E-state index contributed by atoms with van der Waals surface area (Å²) >= 11 is 0. The van der Waals surface area contributed by atoms with E-state index in [9.17, 15) is 9.90 Å². The lowest BCUT2D eigenvalue weighted by atomic mass is 9.93. The molecule has 1 saturated carbocycles. The van der Waals surface area contributed by atoms with Crippen molar-refractivity contribution in [3.63, 3.8) is 0 Å². The van der Waals surface area contributed by atoms with Crippen LogP contribution in [-0.4, -0.2) is 47.5 Å². The van der Waals surface area contributed by atoms with Crippen LogP contribution in [0.2, 0.25) is 0 Å². The third-order valence-electron chi connectivity index (χ3n) is 7.28. The minimum Gasteiger partial charge on any atom is -0.491 e. The molecule has 7 heteroatoms. The molecule has 7 nitrogen and oxygen atoms in total. The number of anilines is 1. The van der Waals surface area contributed by atoms with Gasteiger partial charge in [-0.2, -0.15) is 0 Å². The number of benzene rings is 2. The molecule has 0 spiro atoms. The third-order valence-corrected chi connectivity index (χ3v) is 7.28. The van der Waals surface area contributed by atoms with Crippen molar-refractivity contribution in [1.29, 1.82) is 0 Å². The standard InChI is InChI=1S/C29H35N3O4/c1-19-27(32-29(34)21-4-11-25(12-5-21)36-18-26-3-2-14-35-26)13-6-22-15-20(17-31-28(19)22)16-30-23-7-9-24(33)10-8-23/h4-6,11-13,15,17,23-24,26,30,33H,2-3,7-10,14,16,18H2,1H3,(H,32,34)/t23-,24-,26?. The predicted molar refractivity (Wildman–Crippen MR) is 140 cm³/mol. The van der Waals surface area contributed by atoms with Gasteiger partial charge in [-0.1, -0.05) is 6.07 Å². The first-order valence-electron chi connectivity index (χ1n) is 13.0. The number of hydrogen-bond acceptors (Lipinski definition) is 6. The Morgan fingerprint density at radius 3 is 2.67 bits per heavy atom. The average molecular weight is 490 g/mol. The highest BCUT2D eigenvalue weighted by atomic mass is 16.5. The van der Waals surface area contributed by atoms with Gasteiger partial charge >= 0.3 is 0 Å². The van der Waals surface area contributed by atoms with Crippen LogP contribution < -0.4 is 15.4 Å². The fourth-order valence-electron chi connectivity index (χ4n) is 5.03. The summed E-state index contributed by atoms with van der Waals surface area (Å²) < 4.78 is 11.4. The van der Waals surface area contributed by atoms with E-state index in [2.05, 4.69) is 16.7 Å². The number of amides is 1. The number of aromatic nitrogens is 1. The lowest BCUT2D eigenvalue weighted by Gasteiger charge is -2.26. The number of aryl methyl sites for hydroxylation is 1. The molecule has 190 valence electrons. The Balaban J connectivity index is 1.19. The summed E-state index contributed by atoms with van der Waals surface area (Å²) in [6, 6.07) is 13.8. The maximum absolute atomic E-state index is 12.9. The van der Waals surface area contributed by atoms with Gasteiger partial charge in [0.2, 0.25) is 0 Å². The van der Waals surface area contributed by atoms with E-state index in [4.69, 9.17) is 14.5 Å². The van der Waals surface area contributed by atoms with E-state index in [0.29, 0.717) is 18.2 Å². The maximum atomic E-state index is 12.9. The Labute approximate surface area is 212 Å².